The normalized spacial score (nSPS) is 21.6. The van der Waals surface area contributed by atoms with E-state index in [1.807, 2.05) is 6.92 Å². The third-order valence-electron chi connectivity index (χ3n) is 4.48. The molecular formula is C15H21N3O4S. The van der Waals surface area contributed by atoms with Gasteiger partial charge in [-0.1, -0.05) is 6.42 Å². The number of nitrogens with two attached hydrogens (primary N) is 1. The van der Waals surface area contributed by atoms with E-state index in [1.54, 1.807) is 13.1 Å². The van der Waals surface area contributed by atoms with Crippen LogP contribution in [0.2, 0.25) is 0 Å². The fraction of sp³-hybridized carbons (Fsp3) is 0.533. The van der Waals surface area contributed by atoms with Gasteiger partial charge in [0.15, 0.2) is 5.58 Å². The van der Waals surface area contributed by atoms with Gasteiger partial charge in [0.2, 0.25) is 10.0 Å². The Labute approximate surface area is 134 Å². The molecule has 2 atom stereocenters. The first-order valence-corrected chi connectivity index (χ1v) is 9.13. The second-order valence-corrected chi connectivity index (χ2v) is 7.99. The number of hydrogen-bond acceptors (Lipinski definition) is 5. The average Bonchev–Trinajstić information content (AvgIpc) is 2.81. The first-order chi connectivity index (χ1) is 10.8. The molecule has 0 radical (unpaired) electrons. The smallest absolute Gasteiger partial charge is 0.408 e. The number of nitrogens with zero attached hydrogens (tertiary/aromatic N) is 2. The molecule has 1 saturated heterocycles. The minimum absolute atomic E-state index is 0.131. The lowest BCUT2D eigenvalue weighted by Crippen LogP contribution is -2.51. The minimum Gasteiger partial charge on any atom is -0.408 e. The molecule has 0 saturated carbocycles. The van der Waals surface area contributed by atoms with Gasteiger partial charge in [-0.2, -0.15) is 4.31 Å². The van der Waals surface area contributed by atoms with Crippen molar-refractivity contribution in [2.24, 2.45) is 12.8 Å². The standard InChI is InChI=1S/C15H21N3O4S/c1-10(16)12-5-3-4-8-18(12)23(20,21)11-6-7-13-14(9-11)22-15(19)17(13)2/h6-7,9-10,12H,3-5,8,16H2,1-2H3. The molecule has 8 heteroatoms. The van der Waals surface area contributed by atoms with Crippen LogP contribution in [-0.2, 0) is 17.1 Å². The molecular weight excluding hydrogens is 318 g/mol. The van der Waals surface area contributed by atoms with Crippen molar-refractivity contribution in [2.75, 3.05) is 6.54 Å². The molecule has 0 amide bonds. The van der Waals surface area contributed by atoms with Crippen molar-refractivity contribution in [3.8, 4) is 0 Å². The predicted octanol–water partition coefficient (Wildman–Crippen LogP) is 1.02. The summed E-state index contributed by atoms with van der Waals surface area (Å²) in [4.78, 5) is 11.7. The molecule has 1 aliphatic heterocycles. The lowest BCUT2D eigenvalue weighted by atomic mass is 10.00. The Hall–Kier alpha value is -1.64. The lowest BCUT2D eigenvalue weighted by molar-refractivity contribution is 0.227. The molecule has 2 aromatic rings. The van der Waals surface area contributed by atoms with Crippen LogP contribution >= 0.6 is 0 Å². The first-order valence-electron chi connectivity index (χ1n) is 7.69. The molecule has 1 aromatic carbocycles. The van der Waals surface area contributed by atoms with E-state index >= 15 is 0 Å². The van der Waals surface area contributed by atoms with Crippen molar-refractivity contribution in [3.05, 3.63) is 28.7 Å². The Balaban J connectivity index is 2.06. The Morgan fingerprint density at radius 3 is 2.78 bits per heavy atom. The minimum atomic E-state index is -3.67. The van der Waals surface area contributed by atoms with Crippen LogP contribution in [0.4, 0.5) is 0 Å². The SMILES string of the molecule is CC(N)C1CCCCN1S(=O)(=O)c1ccc2c(c1)oc(=O)n2C. The van der Waals surface area contributed by atoms with E-state index in [0.29, 0.717) is 12.1 Å². The number of sulfonamides is 1. The van der Waals surface area contributed by atoms with Crippen LogP contribution in [0.25, 0.3) is 11.1 Å². The van der Waals surface area contributed by atoms with Gasteiger partial charge in [0, 0.05) is 31.7 Å². The molecule has 2 N–H and O–H groups in total. The summed E-state index contributed by atoms with van der Waals surface area (Å²) in [7, 11) is -2.09. The summed E-state index contributed by atoms with van der Waals surface area (Å²) in [6.45, 7) is 2.29. The maximum Gasteiger partial charge on any atom is 0.419 e. The number of fused-ring (bicyclic) bond motifs is 1. The second-order valence-electron chi connectivity index (χ2n) is 6.09. The van der Waals surface area contributed by atoms with Gasteiger partial charge in [0.25, 0.3) is 0 Å². The maximum atomic E-state index is 13.0. The highest BCUT2D eigenvalue weighted by molar-refractivity contribution is 7.89. The van der Waals surface area contributed by atoms with Crippen molar-refractivity contribution in [1.29, 1.82) is 0 Å². The van der Waals surface area contributed by atoms with Crippen LogP contribution in [0.1, 0.15) is 26.2 Å². The van der Waals surface area contributed by atoms with Gasteiger partial charge in [0.1, 0.15) is 0 Å². The number of rotatable bonds is 3. The number of aromatic nitrogens is 1. The summed E-state index contributed by atoms with van der Waals surface area (Å²) in [5.74, 6) is -0.513. The highest BCUT2D eigenvalue weighted by Crippen LogP contribution is 2.28. The maximum absolute atomic E-state index is 13.0. The van der Waals surface area contributed by atoms with Crippen LogP contribution in [0.3, 0.4) is 0 Å². The number of piperidine rings is 1. The van der Waals surface area contributed by atoms with E-state index in [2.05, 4.69) is 0 Å². The van der Waals surface area contributed by atoms with Crippen molar-refractivity contribution in [3.63, 3.8) is 0 Å². The molecule has 0 aliphatic carbocycles. The molecule has 126 valence electrons. The van der Waals surface area contributed by atoms with Crippen LogP contribution in [0.5, 0.6) is 0 Å². The van der Waals surface area contributed by atoms with Gasteiger partial charge < -0.3 is 10.2 Å². The number of aryl methyl sites for hydroxylation is 1. The highest BCUT2D eigenvalue weighted by atomic mass is 32.2. The third kappa shape index (κ3) is 2.71. The number of oxazole rings is 1. The summed E-state index contributed by atoms with van der Waals surface area (Å²) >= 11 is 0. The van der Waals surface area contributed by atoms with Gasteiger partial charge in [-0.25, -0.2) is 13.2 Å². The van der Waals surface area contributed by atoms with Gasteiger partial charge in [-0.3, -0.25) is 4.57 Å². The van der Waals surface area contributed by atoms with E-state index in [4.69, 9.17) is 10.2 Å². The summed E-state index contributed by atoms with van der Waals surface area (Å²) in [5.41, 5.74) is 6.81. The van der Waals surface area contributed by atoms with Crippen molar-refractivity contribution in [2.45, 2.75) is 43.2 Å². The van der Waals surface area contributed by atoms with Gasteiger partial charge in [-0.15, -0.1) is 0 Å². The van der Waals surface area contributed by atoms with Crippen molar-refractivity contribution in [1.82, 2.24) is 8.87 Å². The van der Waals surface area contributed by atoms with E-state index in [1.165, 1.54) is 21.0 Å². The van der Waals surface area contributed by atoms with Gasteiger partial charge in [0.05, 0.1) is 10.4 Å². The fourth-order valence-corrected chi connectivity index (χ4v) is 4.95. The van der Waals surface area contributed by atoms with Crippen LogP contribution < -0.4 is 11.5 Å². The Kier molecular flexibility index (Phi) is 4.07. The van der Waals surface area contributed by atoms with E-state index in [0.717, 1.165) is 19.3 Å². The Bertz CT molecular complexity index is 882. The number of hydrogen-bond donors (Lipinski definition) is 1. The molecule has 1 fully saturated rings. The summed E-state index contributed by atoms with van der Waals surface area (Å²) in [6.07, 6.45) is 2.56. The lowest BCUT2D eigenvalue weighted by Gasteiger charge is -2.36. The molecule has 2 heterocycles. The average molecular weight is 339 g/mol. The number of benzene rings is 1. The molecule has 2 unspecified atom stereocenters. The topological polar surface area (TPSA) is 98.5 Å². The zero-order valence-electron chi connectivity index (χ0n) is 13.2. The predicted molar refractivity (Wildman–Crippen MR) is 86.6 cm³/mol. The van der Waals surface area contributed by atoms with E-state index in [-0.39, 0.29) is 22.6 Å². The van der Waals surface area contributed by atoms with Crippen LogP contribution in [0, 0.1) is 0 Å². The molecule has 1 aliphatic rings. The Morgan fingerprint density at radius 2 is 2.09 bits per heavy atom. The molecule has 0 bridgehead atoms. The zero-order chi connectivity index (χ0) is 16.8. The van der Waals surface area contributed by atoms with Gasteiger partial charge in [-0.05, 0) is 31.9 Å². The largest absolute Gasteiger partial charge is 0.419 e. The van der Waals surface area contributed by atoms with Gasteiger partial charge >= 0.3 is 5.76 Å². The highest BCUT2D eigenvalue weighted by Gasteiger charge is 2.35. The second kappa shape index (κ2) is 5.77. The summed E-state index contributed by atoms with van der Waals surface area (Å²) in [5, 5.41) is 0. The molecule has 3 rings (SSSR count). The zero-order valence-corrected chi connectivity index (χ0v) is 14.0. The van der Waals surface area contributed by atoms with E-state index < -0.39 is 15.8 Å². The monoisotopic (exact) mass is 339 g/mol. The molecule has 1 aromatic heterocycles. The van der Waals surface area contributed by atoms with Crippen molar-refractivity contribution >= 4 is 21.1 Å². The summed E-state index contributed by atoms with van der Waals surface area (Å²) < 4.78 is 33.9. The quantitative estimate of drug-likeness (QED) is 0.900. The third-order valence-corrected chi connectivity index (χ3v) is 6.40. The molecule has 23 heavy (non-hydrogen) atoms. The van der Waals surface area contributed by atoms with Crippen molar-refractivity contribution < 1.29 is 12.8 Å². The van der Waals surface area contributed by atoms with Crippen LogP contribution in [0.15, 0.2) is 32.3 Å². The summed E-state index contributed by atoms with van der Waals surface area (Å²) in [6, 6.07) is 4.09. The first kappa shape index (κ1) is 16.2. The van der Waals surface area contributed by atoms with Crippen LogP contribution in [-0.4, -0.2) is 35.9 Å². The molecule has 0 spiro atoms. The molecule has 7 nitrogen and oxygen atoms in total. The fourth-order valence-electron chi connectivity index (χ4n) is 3.16. The van der Waals surface area contributed by atoms with E-state index in [9.17, 15) is 13.2 Å². The Morgan fingerprint density at radius 1 is 1.35 bits per heavy atom.